The van der Waals surface area contributed by atoms with E-state index in [1.807, 2.05) is 19.2 Å². The number of rotatable bonds is 5. The van der Waals surface area contributed by atoms with Gasteiger partial charge in [0.05, 0.1) is 0 Å². The van der Waals surface area contributed by atoms with Crippen molar-refractivity contribution in [2.24, 2.45) is 0 Å². The predicted octanol–water partition coefficient (Wildman–Crippen LogP) is 2.67. The molecule has 0 radical (unpaired) electrons. The molecule has 0 fully saturated rings. The first-order valence-electron chi connectivity index (χ1n) is 4.83. The molecule has 1 aromatic rings. The minimum atomic E-state index is 0.262. The van der Waals surface area contributed by atoms with Gasteiger partial charge in [-0.25, -0.2) is 0 Å². The summed E-state index contributed by atoms with van der Waals surface area (Å²) in [6.07, 6.45) is 1.28. The molecule has 1 unspecified atom stereocenters. The fourth-order valence-corrected chi connectivity index (χ4v) is 1.74. The molecule has 0 heterocycles. The maximum atomic E-state index is 5.82. The molecule has 0 amide bonds. The Hall–Kier alpha value is -0.290. The van der Waals surface area contributed by atoms with E-state index in [4.69, 9.17) is 4.74 Å². The Morgan fingerprint density at radius 1 is 1.50 bits per heavy atom. The van der Waals surface area contributed by atoms with E-state index in [2.05, 4.69) is 47.0 Å². The summed E-state index contributed by atoms with van der Waals surface area (Å²) in [6, 6.07) is 8.13. The summed E-state index contributed by atoms with van der Waals surface area (Å²) in [5.74, 6) is 0.957. The molecule has 0 aliphatic carbocycles. The smallest absolute Gasteiger partial charge is 0.120 e. The predicted molar refractivity (Wildman–Crippen MR) is 67.8 cm³/mol. The first-order valence-corrected chi connectivity index (χ1v) is 5.91. The Balaban J connectivity index is 2.57. The van der Waals surface area contributed by atoms with Crippen molar-refractivity contribution in [2.75, 3.05) is 13.6 Å². The standard InChI is InChI=1S/C11H16INO/c1-3-10(8-13-2)14-11-6-4-5-9(12)7-11/h4-7,10,13H,3,8H2,1-2H3. The SMILES string of the molecule is CCC(CNC)Oc1cccc(I)c1. The fraction of sp³-hybridized carbons (Fsp3) is 0.455. The van der Waals surface area contributed by atoms with Crippen LogP contribution in [0.3, 0.4) is 0 Å². The van der Waals surface area contributed by atoms with Crippen molar-refractivity contribution in [2.45, 2.75) is 19.4 Å². The highest BCUT2D eigenvalue weighted by Gasteiger charge is 2.06. The topological polar surface area (TPSA) is 21.3 Å². The monoisotopic (exact) mass is 305 g/mol. The van der Waals surface area contributed by atoms with Crippen molar-refractivity contribution in [1.82, 2.24) is 5.32 Å². The lowest BCUT2D eigenvalue weighted by Crippen LogP contribution is -2.28. The van der Waals surface area contributed by atoms with Crippen molar-refractivity contribution in [1.29, 1.82) is 0 Å². The van der Waals surface area contributed by atoms with Crippen LogP contribution in [0, 0.1) is 3.57 Å². The van der Waals surface area contributed by atoms with Crippen LogP contribution in [0.1, 0.15) is 13.3 Å². The Kier molecular flexibility index (Phi) is 5.25. The Morgan fingerprint density at radius 2 is 2.29 bits per heavy atom. The van der Waals surface area contributed by atoms with Gasteiger partial charge in [0.2, 0.25) is 0 Å². The minimum absolute atomic E-state index is 0.262. The zero-order valence-electron chi connectivity index (χ0n) is 8.59. The largest absolute Gasteiger partial charge is 0.489 e. The number of halogens is 1. The molecular formula is C11H16INO. The van der Waals surface area contributed by atoms with Crippen LogP contribution in [0.15, 0.2) is 24.3 Å². The van der Waals surface area contributed by atoms with Crippen LogP contribution in [0.2, 0.25) is 0 Å². The zero-order chi connectivity index (χ0) is 10.4. The van der Waals surface area contributed by atoms with Crippen molar-refractivity contribution in [3.8, 4) is 5.75 Å². The first kappa shape index (κ1) is 11.8. The van der Waals surface area contributed by atoms with E-state index in [-0.39, 0.29) is 6.10 Å². The van der Waals surface area contributed by atoms with E-state index >= 15 is 0 Å². The molecule has 0 aromatic heterocycles. The van der Waals surface area contributed by atoms with Gasteiger partial charge in [0.1, 0.15) is 11.9 Å². The normalized spacial score (nSPS) is 12.5. The maximum Gasteiger partial charge on any atom is 0.120 e. The van der Waals surface area contributed by atoms with E-state index in [1.165, 1.54) is 3.57 Å². The van der Waals surface area contributed by atoms with Gasteiger partial charge in [-0.2, -0.15) is 0 Å². The second-order valence-corrected chi connectivity index (χ2v) is 4.41. The average Bonchev–Trinajstić information content (AvgIpc) is 2.17. The first-order chi connectivity index (χ1) is 6.76. The fourth-order valence-electron chi connectivity index (χ4n) is 1.23. The molecule has 1 aromatic carbocycles. The number of benzene rings is 1. The van der Waals surface area contributed by atoms with Crippen molar-refractivity contribution in [3.63, 3.8) is 0 Å². The van der Waals surface area contributed by atoms with Gasteiger partial charge in [0.15, 0.2) is 0 Å². The van der Waals surface area contributed by atoms with Crippen LogP contribution in [-0.4, -0.2) is 19.7 Å². The number of likely N-dealkylation sites (N-methyl/N-ethyl adjacent to an activating group) is 1. The molecule has 1 rings (SSSR count). The Morgan fingerprint density at radius 3 is 2.86 bits per heavy atom. The third-order valence-electron chi connectivity index (χ3n) is 1.99. The summed E-state index contributed by atoms with van der Waals surface area (Å²) in [4.78, 5) is 0. The summed E-state index contributed by atoms with van der Waals surface area (Å²) in [5, 5.41) is 3.13. The van der Waals surface area contributed by atoms with Crippen molar-refractivity contribution < 1.29 is 4.74 Å². The van der Waals surface area contributed by atoms with Gasteiger partial charge >= 0.3 is 0 Å². The van der Waals surface area contributed by atoms with Crippen molar-refractivity contribution >= 4 is 22.6 Å². The van der Waals surface area contributed by atoms with Gasteiger partial charge in [-0.3, -0.25) is 0 Å². The number of hydrogen-bond donors (Lipinski definition) is 1. The molecule has 0 aliphatic rings. The van der Waals surface area contributed by atoms with Gasteiger partial charge in [-0.1, -0.05) is 13.0 Å². The summed E-state index contributed by atoms with van der Waals surface area (Å²) < 4.78 is 7.03. The molecule has 3 heteroatoms. The van der Waals surface area contributed by atoms with Crippen LogP contribution >= 0.6 is 22.6 Å². The Labute approximate surface area is 99.2 Å². The van der Waals surface area contributed by atoms with Gasteiger partial charge in [-0.05, 0) is 54.3 Å². The number of nitrogens with one attached hydrogen (secondary N) is 1. The molecule has 0 saturated carbocycles. The lowest BCUT2D eigenvalue weighted by Gasteiger charge is -2.17. The number of hydrogen-bond acceptors (Lipinski definition) is 2. The minimum Gasteiger partial charge on any atom is -0.489 e. The van der Waals surface area contributed by atoms with E-state index in [9.17, 15) is 0 Å². The van der Waals surface area contributed by atoms with E-state index in [0.717, 1.165) is 18.7 Å². The summed E-state index contributed by atoms with van der Waals surface area (Å²) >= 11 is 2.29. The van der Waals surface area contributed by atoms with E-state index in [0.29, 0.717) is 0 Å². The molecule has 0 spiro atoms. The van der Waals surface area contributed by atoms with Gasteiger partial charge in [0.25, 0.3) is 0 Å². The molecule has 0 saturated heterocycles. The maximum absolute atomic E-state index is 5.82. The average molecular weight is 305 g/mol. The summed E-state index contributed by atoms with van der Waals surface area (Å²) in [5.41, 5.74) is 0. The molecule has 78 valence electrons. The summed E-state index contributed by atoms with van der Waals surface area (Å²) in [6.45, 7) is 3.03. The molecule has 14 heavy (non-hydrogen) atoms. The number of ether oxygens (including phenoxy) is 1. The molecule has 0 aliphatic heterocycles. The highest BCUT2D eigenvalue weighted by atomic mass is 127. The van der Waals surface area contributed by atoms with Crippen LogP contribution in [-0.2, 0) is 0 Å². The molecule has 0 bridgehead atoms. The van der Waals surface area contributed by atoms with Crippen molar-refractivity contribution in [3.05, 3.63) is 27.8 Å². The summed E-state index contributed by atoms with van der Waals surface area (Å²) in [7, 11) is 1.95. The highest BCUT2D eigenvalue weighted by molar-refractivity contribution is 14.1. The molecule has 2 nitrogen and oxygen atoms in total. The van der Waals surface area contributed by atoms with Gasteiger partial charge < -0.3 is 10.1 Å². The van der Waals surface area contributed by atoms with Gasteiger partial charge in [-0.15, -0.1) is 0 Å². The van der Waals surface area contributed by atoms with Crippen LogP contribution in [0.4, 0.5) is 0 Å². The lowest BCUT2D eigenvalue weighted by atomic mass is 10.2. The van der Waals surface area contributed by atoms with E-state index in [1.54, 1.807) is 0 Å². The van der Waals surface area contributed by atoms with Crippen LogP contribution in [0.5, 0.6) is 5.75 Å². The van der Waals surface area contributed by atoms with E-state index < -0.39 is 0 Å². The highest BCUT2D eigenvalue weighted by Crippen LogP contribution is 2.16. The van der Waals surface area contributed by atoms with Crippen LogP contribution in [0.25, 0.3) is 0 Å². The Bertz CT molecular complexity index is 278. The molecular weight excluding hydrogens is 289 g/mol. The molecule has 1 N–H and O–H groups in total. The quantitative estimate of drug-likeness (QED) is 0.845. The second-order valence-electron chi connectivity index (χ2n) is 3.16. The van der Waals surface area contributed by atoms with Gasteiger partial charge in [0, 0.05) is 10.1 Å². The third kappa shape index (κ3) is 3.84. The molecule has 1 atom stereocenters. The zero-order valence-corrected chi connectivity index (χ0v) is 10.7. The lowest BCUT2D eigenvalue weighted by molar-refractivity contribution is 0.196. The third-order valence-corrected chi connectivity index (χ3v) is 2.66. The second kappa shape index (κ2) is 6.24. The van der Waals surface area contributed by atoms with Crippen LogP contribution < -0.4 is 10.1 Å².